The molecular weight excluding hydrogens is 596 g/mol. The first-order valence-electron chi connectivity index (χ1n) is 14.0. The molecule has 1 unspecified atom stereocenters. The Balaban J connectivity index is 1.39. The lowest BCUT2D eigenvalue weighted by molar-refractivity contribution is -0.124. The Kier molecular flexibility index (Phi) is 8.87. The van der Waals surface area contributed by atoms with Crippen molar-refractivity contribution in [3.8, 4) is 23.1 Å². The van der Waals surface area contributed by atoms with Crippen molar-refractivity contribution in [3.05, 3.63) is 105 Å². The number of nitrogens with zero attached hydrogens (tertiary/aromatic N) is 3. The van der Waals surface area contributed by atoms with E-state index in [9.17, 15) is 19.5 Å². The van der Waals surface area contributed by atoms with Gasteiger partial charge in [0.25, 0.3) is 0 Å². The lowest BCUT2D eigenvalue weighted by atomic mass is 9.86. The minimum absolute atomic E-state index is 0.136. The maximum absolute atomic E-state index is 13.9. The first-order chi connectivity index (χ1) is 21.4. The number of carbonyl (C=O) groups excluding carboxylic acids is 2. The first-order valence-corrected chi connectivity index (χ1v) is 14.8. The van der Waals surface area contributed by atoms with Gasteiger partial charge in [0, 0.05) is 37.5 Å². The number of hydrogen-bond acceptors (Lipinski definition) is 10. The van der Waals surface area contributed by atoms with Gasteiger partial charge in [0.05, 0.1) is 16.8 Å². The number of nitrogens with one attached hydrogen (secondary N) is 1. The van der Waals surface area contributed by atoms with Crippen molar-refractivity contribution in [2.24, 2.45) is 4.99 Å². The molecule has 5 rings (SSSR count). The summed E-state index contributed by atoms with van der Waals surface area (Å²) < 4.78 is 17.6. The number of amides is 1. The molecular formula is C33H32N4O7S. The molecule has 0 saturated carbocycles. The van der Waals surface area contributed by atoms with Crippen LogP contribution < -0.4 is 19.2 Å². The van der Waals surface area contributed by atoms with Gasteiger partial charge in [0.2, 0.25) is 11.7 Å². The van der Waals surface area contributed by atoms with Gasteiger partial charge in [0.15, 0.2) is 5.54 Å². The number of allylic oxidation sites excluding steroid dienone is 1. The molecule has 232 valence electrons. The number of benzene rings is 2. The third-order valence-electron chi connectivity index (χ3n) is 6.78. The number of H-pyrrole nitrogens is 1. The lowest BCUT2D eigenvalue weighted by Crippen LogP contribution is -2.36. The number of aromatic hydroxyl groups is 1. The van der Waals surface area contributed by atoms with Crippen LogP contribution in [0, 0.1) is 0 Å². The second-order valence-corrected chi connectivity index (χ2v) is 12.3. The number of ether oxygens (including phenoxy) is 3. The van der Waals surface area contributed by atoms with Gasteiger partial charge in [0.1, 0.15) is 29.5 Å². The molecule has 1 atom stereocenters. The molecule has 11 nitrogen and oxygen atoms in total. The van der Waals surface area contributed by atoms with Crippen LogP contribution in [0.3, 0.4) is 0 Å². The smallest absolute Gasteiger partial charge is 0.414 e. The van der Waals surface area contributed by atoms with E-state index in [-0.39, 0.29) is 23.1 Å². The Hall–Kier alpha value is -5.23. The van der Waals surface area contributed by atoms with Gasteiger partial charge in [-0.1, -0.05) is 23.5 Å². The fourth-order valence-corrected chi connectivity index (χ4v) is 5.33. The molecule has 0 spiro atoms. The monoisotopic (exact) mass is 628 g/mol. The van der Waals surface area contributed by atoms with E-state index in [1.165, 1.54) is 4.90 Å². The fraction of sp³-hybridized carbons (Fsp3) is 0.242. The van der Waals surface area contributed by atoms with E-state index in [1.807, 2.05) is 0 Å². The Bertz CT molecular complexity index is 1790. The van der Waals surface area contributed by atoms with Crippen molar-refractivity contribution in [3.63, 3.8) is 0 Å². The molecule has 1 amide bonds. The number of thiazole rings is 1. The quantitative estimate of drug-likeness (QED) is 0.225. The molecule has 45 heavy (non-hydrogen) atoms. The van der Waals surface area contributed by atoms with Crippen LogP contribution >= 0.6 is 11.3 Å². The SMILES string of the molecule is CN(C(=O)OC(C)(C)C)c1ccc(C2(C(=O)COc3ccc(Cc4sc(=O)[nH]c4O)cc3)C=CC=N2)c(Oc2cccnc2)c1. The molecule has 2 aromatic carbocycles. The molecule has 0 bridgehead atoms. The minimum atomic E-state index is -1.44. The number of carbonyl (C=O) groups is 2. The third-order valence-corrected chi connectivity index (χ3v) is 7.65. The van der Waals surface area contributed by atoms with Gasteiger partial charge in [-0.15, -0.1) is 0 Å². The summed E-state index contributed by atoms with van der Waals surface area (Å²) in [7, 11) is 1.59. The topological polar surface area (TPSA) is 143 Å². The zero-order valence-corrected chi connectivity index (χ0v) is 26.0. The predicted octanol–water partition coefficient (Wildman–Crippen LogP) is 5.78. The van der Waals surface area contributed by atoms with Gasteiger partial charge in [-0.25, -0.2) is 4.79 Å². The molecule has 12 heteroatoms. The number of ketones is 1. The number of aromatic amines is 1. The van der Waals surface area contributed by atoms with Crippen LogP contribution in [0.25, 0.3) is 0 Å². The molecule has 0 aliphatic carbocycles. The van der Waals surface area contributed by atoms with Gasteiger partial charge in [-0.05, 0) is 74.9 Å². The highest BCUT2D eigenvalue weighted by Crippen LogP contribution is 2.41. The highest BCUT2D eigenvalue weighted by atomic mass is 32.1. The molecule has 2 N–H and O–H groups in total. The summed E-state index contributed by atoms with van der Waals surface area (Å²) in [5.74, 6) is 0.708. The Morgan fingerprint density at radius 3 is 2.49 bits per heavy atom. The first kappa shape index (κ1) is 31.2. The van der Waals surface area contributed by atoms with E-state index < -0.39 is 17.2 Å². The van der Waals surface area contributed by atoms with Crippen molar-refractivity contribution in [2.75, 3.05) is 18.6 Å². The number of aromatic nitrogens is 2. The second kappa shape index (κ2) is 12.8. The number of rotatable bonds is 10. The van der Waals surface area contributed by atoms with Crippen molar-refractivity contribution >= 4 is 35.1 Å². The Labute approximate surface area is 263 Å². The largest absolute Gasteiger partial charge is 0.494 e. The predicted molar refractivity (Wildman–Crippen MR) is 171 cm³/mol. The summed E-state index contributed by atoms with van der Waals surface area (Å²) in [5, 5.41) is 9.86. The molecule has 0 saturated heterocycles. The van der Waals surface area contributed by atoms with Crippen LogP contribution in [0.2, 0.25) is 0 Å². The molecule has 1 aliphatic rings. The van der Waals surface area contributed by atoms with E-state index in [0.717, 1.165) is 16.9 Å². The maximum Gasteiger partial charge on any atom is 0.414 e. The average Bonchev–Trinajstić information content (AvgIpc) is 3.62. The summed E-state index contributed by atoms with van der Waals surface area (Å²) in [6, 6.07) is 15.5. The van der Waals surface area contributed by atoms with Gasteiger partial charge in [-0.3, -0.25) is 29.4 Å². The highest BCUT2D eigenvalue weighted by molar-refractivity contribution is 7.09. The van der Waals surface area contributed by atoms with Crippen LogP contribution in [0.1, 0.15) is 36.8 Å². The number of pyridine rings is 1. The minimum Gasteiger partial charge on any atom is -0.494 e. The maximum atomic E-state index is 13.9. The van der Waals surface area contributed by atoms with Gasteiger partial charge in [-0.2, -0.15) is 0 Å². The number of anilines is 1. The average molecular weight is 629 g/mol. The normalized spacial score (nSPS) is 15.6. The zero-order valence-electron chi connectivity index (χ0n) is 25.1. The summed E-state index contributed by atoms with van der Waals surface area (Å²) in [5.41, 5.74) is -0.339. The van der Waals surface area contributed by atoms with Crippen molar-refractivity contribution < 1.29 is 28.9 Å². The molecule has 3 heterocycles. The number of Topliss-reactive ketones (excluding diaryl/α,β-unsaturated/α-hetero) is 1. The summed E-state index contributed by atoms with van der Waals surface area (Å²) in [6.45, 7) is 5.06. The highest BCUT2D eigenvalue weighted by Gasteiger charge is 2.41. The van der Waals surface area contributed by atoms with Crippen LogP contribution in [0.15, 0.2) is 88.9 Å². The standard InChI is InChI=1S/C33H32N4O7S/c1-32(2,3)44-31(41)37(4)22-10-13-25(26(18-22)43-24-7-5-15-34-19-24)33(14-6-16-35-33)28(38)20-42-23-11-8-21(9-12-23)17-27-29(39)36-30(40)45-27/h5-16,18-19,39H,17,20H2,1-4H3,(H,36,40). The fourth-order valence-electron chi connectivity index (χ4n) is 4.57. The van der Waals surface area contributed by atoms with Crippen LogP contribution in [-0.2, 0) is 21.5 Å². The number of aliphatic imine (C=N–C) groups is 1. The van der Waals surface area contributed by atoms with E-state index >= 15 is 0 Å². The Morgan fingerprint density at radius 1 is 1.09 bits per heavy atom. The number of hydrogen-bond donors (Lipinski definition) is 2. The molecule has 1 aliphatic heterocycles. The molecule has 0 fully saturated rings. The summed E-state index contributed by atoms with van der Waals surface area (Å²) in [6.07, 6.45) is 7.90. The summed E-state index contributed by atoms with van der Waals surface area (Å²) >= 11 is 0.950. The lowest BCUT2D eigenvalue weighted by Gasteiger charge is -2.28. The zero-order chi connectivity index (χ0) is 32.2. The van der Waals surface area contributed by atoms with Crippen LogP contribution in [0.4, 0.5) is 10.5 Å². The van der Waals surface area contributed by atoms with E-state index in [4.69, 9.17) is 14.2 Å². The van der Waals surface area contributed by atoms with Crippen LogP contribution in [0.5, 0.6) is 23.1 Å². The molecule has 0 radical (unpaired) electrons. The molecule has 2 aromatic heterocycles. The summed E-state index contributed by atoms with van der Waals surface area (Å²) in [4.78, 5) is 50.8. The van der Waals surface area contributed by atoms with E-state index in [0.29, 0.717) is 39.8 Å². The molecule has 4 aromatic rings. The van der Waals surface area contributed by atoms with Crippen LogP contribution in [-0.4, -0.2) is 52.4 Å². The second-order valence-electron chi connectivity index (χ2n) is 11.2. The van der Waals surface area contributed by atoms with Crippen molar-refractivity contribution in [1.82, 2.24) is 9.97 Å². The van der Waals surface area contributed by atoms with E-state index in [1.54, 1.807) is 113 Å². The van der Waals surface area contributed by atoms with E-state index in [2.05, 4.69) is 15.0 Å². The van der Waals surface area contributed by atoms with Crippen molar-refractivity contribution in [1.29, 1.82) is 0 Å². The van der Waals surface area contributed by atoms with Gasteiger partial charge < -0.3 is 19.3 Å². The van der Waals surface area contributed by atoms with Gasteiger partial charge >= 0.3 is 11.0 Å². The Morgan fingerprint density at radius 2 is 1.87 bits per heavy atom. The third kappa shape index (κ3) is 7.29. The van der Waals surface area contributed by atoms with Crippen molar-refractivity contribution in [2.45, 2.75) is 38.3 Å².